The average molecular weight is 196 g/mol. The molecule has 0 amide bonds. The molecule has 14 heavy (non-hydrogen) atoms. The van der Waals surface area contributed by atoms with E-state index in [4.69, 9.17) is 9.47 Å². The van der Waals surface area contributed by atoms with Crippen LogP contribution in [0.4, 0.5) is 4.79 Å². The molecule has 78 valence electrons. The van der Waals surface area contributed by atoms with Gasteiger partial charge in [0.1, 0.15) is 11.9 Å². The van der Waals surface area contributed by atoms with Crippen LogP contribution in [0.15, 0.2) is 12.3 Å². The molecule has 0 radical (unpaired) electrons. The van der Waals surface area contributed by atoms with Crippen molar-refractivity contribution in [1.29, 1.82) is 0 Å². The molecule has 1 aliphatic carbocycles. The Labute approximate surface area is 84.1 Å². The number of cyclic esters (lactones) is 2. The molecule has 2 aliphatic rings. The zero-order valence-electron chi connectivity index (χ0n) is 8.33. The quantitative estimate of drug-likeness (QED) is 0.605. The van der Waals surface area contributed by atoms with E-state index in [1.807, 2.05) is 0 Å². The lowest BCUT2D eigenvalue weighted by Gasteiger charge is -2.32. The zero-order valence-corrected chi connectivity index (χ0v) is 8.33. The highest BCUT2D eigenvalue weighted by molar-refractivity contribution is 5.62. The van der Waals surface area contributed by atoms with E-state index in [1.165, 1.54) is 32.1 Å². The van der Waals surface area contributed by atoms with Crippen molar-refractivity contribution in [3.63, 3.8) is 0 Å². The normalized spacial score (nSPS) is 29.6. The Morgan fingerprint density at radius 1 is 1.21 bits per heavy atom. The molecule has 0 aromatic rings. The molecule has 0 spiro atoms. The first-order valence-corrected chi connectivity index (χ1v) is 5.32. The van der Waals surface area contributed by atoms with Crippen LogP contribution in [0.1, 0.15) is 38.5 Å². The van der Waals surface area contributed by atoms with Gasteiger partial charge in [-0.05, 0) is 18.8 Å². The van der Waals surface area contributed by atoms with E-state index in [2.05, 4.69) is 6.58 Å². The number of hydrogen-bond acceptors (Lipinski definition) is 3. The Hall–Kier alpha value is -0.990. The highest BCUT2D eigenvalue weighted by atomic mass is 16.7. The van der Waals surface area contributed by atoms with E-state index < -0.39 is 6.16 Å². The molecule has 3 heteroatoms. The van der Waals surface area contributed by atoms with Crippen LogP contribution in [0.5, 0.6) is 0 Å². The molecule has 1 saturated carbocycles. The minimum absolute atomic E-state index is 0.0176. The highest BCUT2D eigenvalue weighted by Crippen LogP contribution is 2.33. The van der Waals surface area contributed by atoms with Crippen molar-refractivity contribution in [3.8, 4) is 0 Å². The lowest BCUT2D eigenvalue weighted by Crippen LogP contribution is -2.33. The lowest BCUT2D eigenvalue weighted by molar-refractivity contribution is -0.0252. The van der Waals surface area contributed by atoms with Gasteiger partial charge in [-0.3, -0.25) is 0 Å². The Kier molecular flexibility index (Phi) is 2.75. The average Bonchev–Trinajstić information content (AvgIpc) is 2.18. The third-order valence-electron chi connectivity index (χ3n) is 3.08. The Morgan fingerprint density at radius 2 is 1.93 bits per heavy atom. The first-order valence-electron chi connectivity index (χ1n) is 5.32. The van der Waals surface area contributed by atoms with Crippen molar-refractivity contribution in [1.82, 2.24) is 0 Å². The molecule has 0 bridgehead atoms. The van der Waals surface area contributed by atoms with Gasteiger partial charge in [0.2, 0.25) is 0 Å². The van der Waals surface area contributed by atoms with Gasteiger partial charge < -0.3 is 9.47 Å². The molecule has 1 aliphatic heterocycles. The standard InChI is InChI=1S/C11H16O3/c1-8-7-10(14-11(12)13-8)9-5-3-2-4-6-9/h9-10H,1-7H2. The summed E-state index contributed by atoms with van der Waals surface area (Å²) >= 11 is 0. The maximum atomic E-state index is 11.0. The topological polar surface area (TPSA) is 35.5 Å². The largest absolute Gasteiger partial charge is 0.513 e. The predicted molar refractivity (Wildman–Crippen MR) is 51.7 cm³/mol. The monoisotopic (exact) mass is 196 g/mol. The Bertz CT molecular complexity index is 225. The summed E-state index contributed by atoms with van der Waals surface area (Å²) in [5.74, 6) is 1.07. The van der Waals surface area contributed by atoms with Crippen LogP contribution in [0.2, 0.25) is 0 Å². The third kappa shape index (κ3) is 2.08. The van der Waals surface area contributed by atoms with Crippen molar-refractivity contribution >= 4 is 6.16 Å². The molecule has 0 aromatic heterocycles. The van der Waals surface area contributed by atoms with E-state index in [9.17, 15) is 4.79 Å². The van der Waals surface area contributed by atoms with Gasteiger partial charge in [0.25, 0.3) is 0 Å². The van der Waals surface area contributed by atoms with Gasteiger partial charge in [0.05, 0.1) is 0 Å². The van der Waals surface area contributed by atoms with E-state index in [-0.39, 0.29) is 6.10 Å². The number of rotatable bonds is 1. The fourth-order valence-electron chi connectivity index (χ4n) is 2.34. The predicted octanol–water partition coefficient (Wildman–Crippen LogP) is 3.01. The van der Waals surface area contributed by atoms with Crippen molar-refractivity contribution in [2.75, 3.05) is 0 Å². The molecule has 0 N–H and O–H groups in total. The first-order chi connectivity index (χ1) is 6.75. The number of ether oxygens (including phenoxy) is 2. The van der Waals surface area contributed by atoms with Crippen molar-refractivity contribution < 1.29 is 14.3 Å². The molecule has 1 heterocycles. The fourth-order valence-corrected chi connectivity index (χ4v) is 2.34. The summed E-state index contributed by atoms with van der Waals surface area (Å²) in [6.07, 6.45) is 6.29. The second-order valence-corrected chi connectivity index (χ2v) is 4.15. The Morgan fingerprint density at radius 3 is 2.57 bits per heavy atom. The van der Waals surface area contributed by atoms with Crippen molar-refractivity contribution in [2.45, 2.75) is 44.6 Å². The summed E-state index contributed by atoms with van der Waals surface area (Å²) in [6.45, 7) is 3.69. The van der Waals surface area contributed by atoms with E-state index in [0.29, 0.717) is 18.1 Å². The van der Waals surface area contributed by atoms with E-state index in [1.54, 1.807) is 0 Å². The van der Waals surface area contributed by atoms with Crippen LogP contribution in [-0.2, 0) is 9.47 Å². The first kappa shape index (κ1) is 9.56. The maximum absolute atomic E-state index is 11.0. The van der Waals surface area contributed by atoms with Gasteiger partial charge in [0, 0.05) is 6.42 Å². The van der Waals surface area contributed by atoms with Crippen molar-refractivity contribution in [3.05, 3.63) is 12.3 Å². The number of carbonyl (C=O) groups is 1. The second kappa shape index (κ2) is 4.03. The van der Waals surface area contributed by atoms with Gasteiger partial charge in [-0.15, -0.1) is 0 Å². The fraction of sp³-hybridized carbons (Fsp3) is 0.727. The van der Waals surface area contributed by atoms with Gasteiger partial charge in [-0.1, -0.05) is 25.8 Å². The summed E-state index contributed by atoms with van der Waals surface area (Å²) in [7, 11) is 0. The minimum atomic E-state index is -0.572. The van der Waals surface area contributed by atoms with Crippen LogP contribution < -0.4 is 0 Å². The summed E-state index contributed by atoms with van der Waals surface area (Å²) in [5.41, 5.74) is 0. The molecule has 1 atom stereocenters. The molecule has 2 rings (SSSR count). The van der Waals surface area contributed by atoms with Gasteiger partial charge >= 0.3 is 6.16 Å². The maximum Gasteiger partial charge on any atom is 0.513 e. The van der Waals surface area contributed by atoms with Crippen LogP contribution >= 0.6 is 0 Å². The molecule has 1 unspecified atom stereocenters. The zero-order chi connectivity index (χ0) is 9.97. The number of hydrogen-bond donors (Lipinski definition) is 0. The van der Waals surface area contributed by atoms with Crippen LogP contribution in [0.25, 0.3) is 0 Å². The molecule has 0 aromatic carbocycles. The second-order valence-electron chi connectivity index (χ2n) is 4.15. The molecular weight excluding hydrogens is 180 g/mol. The molecular formula is C11H16O3. The van der Waals surface area contributed by atoms with Gasteiger partial charge in [-0.2, -0.15) is 0 Å². The summed E-state index contributed by atoms with van der Waals surface area (Å²) in [5, 5.41) is 0. The van der Waals surface area contributed by atoms with Crippen molar-refractivity contribution in [2.24, 2.45) is 5.92 Å². The van der Waals surface area contributed by atoms with Crippen LogP contribution in [-0.4, -0.2) is 12.3 Å². The van der Waals surface area contributed by atoms with Gasteiger partial charge in [-0.25, -0.2) is 4.79 Å². The molecule has 1 saturated heterocycles. The Balaban J connectivity index is 1.95. The SMILES string of the molecule is C=C1CC(C2CCCCC2)OC(=O)O1. The summed E-state index contributed by atoms with van der Waals surface area (Å²) < 4.78 is 9.93. The molecule has 3 nitrogen and oxygen atoms in total. The number of carbonyl (C=O) groups excluding carboxylic acids is 1. The lowest BCUT2D eigenvalue weighted by atomic mass is 9.84. The van der Waals surface area contributed by atoms with Gasteiger partial charge in [0.15, 0.2) is 0 Å². The highest BCUT2D eigenvalue weighted by Gasteiger charge is 2.32. The minimum Gasteiger partial charge on any atom is -0.430 e. The van der Waals surface area contributed by atoms with E-state index >= 15 is 0 Å². The summed E-state index contributed by atoms with van der Waals surface area (Å²) in [4.78, 5) is 11.0. The smallest absolute Gasteiger partial charge is 0.430 e. The van der Waals surface area contributed by atoms with Crippen LogP contribution in [0, 0.1) is 5.92 Å². The summed E-state index contributed by atoms with van der Waals surface area (Å²) in [6, 6.07) is 0. The van der Waals surface area contributed by atoms with Crippen LogP contribution in [0.3, 0.4) is 0 Å². The molecule has 2 fully saturated rings. The van der Waals surface area contributed by atoms with E-state index in [0.717, 1.165) is 0 Å². The third-order valence-corrected chi connectivity index (χ3v) is 3.08.